The predicted octanol–water partition coefficient (Wildman–Crippen LogP) is 2.79. The second-order valence-corrected chi connectivity index (χ2v) is 4.50. The monoisotopic (exact) mass is 280 g/mol. The summed E-state index contributed by atoms with van der Waals surface area (Å²) in [5.41, 5.74) is 0.517. The topological polar surface area (TPSA) is 68.4 Å². The maximum atomic E-state index is 13.2. The molecule has 1 aromatic carbocycles. The molecule has 6 heteroatoms. The van der Waals surface area contributed by atoms with Crippen LogP contribution in [0.4, 0.5) is 4.39 Å². The number of halogens is 1. The Balaban J connectivity index is 2.07. The Hall–Kier alpha value is -1.95. The van der Waals surface area contributed by atoms with Gasteiger partial charge in [0.1, 0.15) is 11.6 Å². The molecule has 1 atom stereocenters. The Morgan fingerprint density at radius 3 is 2.95 bits per heavy atom. The number of aryl methyl sites for hydroxylation is 1. The molecular weight excluding hydrogens is 263 g/mol. The summed E-state index contributed by atoms with van der Waals surface area (Å²) in [6.45, 7) is 3.67. The van der Waals surface area contributed by atoms with Crippen LogP contribution in [0.2, 0.25) is 0 Å². The minimum atomic E-state index is -0.744. The van der Waals surface area contributed by atoms with Gasteiger partial charge >= 0.3 is 0 Å². The molecule has 0 amide bonds. The van der Waals surface area contributed by atoms with Gasteiger partial charge in [0.05, 0.1) is 6.10 Å². The van der Waals surface area contributed by atoms with Crippen LogP contribution in [0.3, 0.4) is 0 Å². The van der Waals surface area contributed by atoms with Crippen molar-refractivity contribution in [1.82, 2.24) is 10.1 Å². The molecule has 0 saturated heterocycles. The molecule has 1 N–H and O–H groups in total. The Morgan fingerprint density at radius 1 is 1.45 bits per heavy atom. The summed E-state index contributed by atoms with van der Waals surface area (Å²) >= 11 is 0. The van der Waals surface area contributed by atoms with Crippen molar-refractivity contribution in [3.8, 4) is 5.75 Å². The van der Waals surface area contributed by atoms with Crippen LogP contribution >= 0.6 is 0 Å². The van der Waals surface area contributed by atoms with Gasteiger partial charge < -0.3 is 14.4 Å². The molecule has 0 unspecified atom stereocenters. The first-order valence-corrected chi connectivity index (χ1v) is 6.52. The van der Waals surface area contributed by atoms with E-state index in [1.807, 2.05) is 6.92 Å². The lowest BCUT2D eigenvalue weighted by atomic mass is 10.1. The molecule has 1 aromatic heterocycles. The van der Waals surface area contributed by atoms with Crippen LogP contribution in [0.1, 0.15) is 43.7 Å². The number of aliphatic hydroxyl groups is 1. The van der Waals surface area contributed by atoms with Gasteiger partial charge in [0.25, 0.3) is 0 Å². The third-order valence-corrected chi connectivity index (χ3v) is 2.76. The van der Waals surface area contributed by atoms with Crippen LogP contribution in [0.15, 0.2) is 22.7 Å². The quantitative estimate of drug-likeness (QED) is 0.881. The van der Waals surface area contributed by atoms with Crippen molar-refractivity contribution in [2.24, 2.45) is 0 Å². The van der Waals surface area contributed by atoms with E-state index < -0.39 is 11.9 Å². The average molecular weight is 280 g/mol. The van der Waals surface area contributed by atoms with Gasteiger partial charge in [-0.2, -0.15) is 4.98 Å². The zero-order valence-electron chi connectivity index (χ0n) is 11.5. The summed E-state index contributed by atoms with van der Waals surface area (Å²) in [7, 11) is 0. The Labute approximate surface area is 116 Å². The van der Waals surface area contributed by atoms with Crippen molar-refractivity contribution in [3.63, 3.8) is 0 Å². The molecule has 0 radical (unpaired) electrons. The number of nitrogens with zero attached hydrogens (tertiary/aromatic N) is 2. The van der Waals surface area contributed by atoms with Crippen LogP contribution in [-0.4, -0.2) is 15.2 Å². The number of aromatic nitrogens is 2. The number of rotatable bonds is 6. The summed E-state index contributed by atoms with van der Waals surface area (Å²) in [5.74, 6) is 0.807. The van der Waals surface area contributed by atoms with E-state index in [0.717, 1.165) is 6.42 Å². The van der Waals surface area contributed by atoms with E-state index in [0.29, 0.717) is 23.7 Å². The summed E-state index contributed by atoms with van der Waals surface area (Å²) in [5, 5.41) is 13.4. The van der Waals surface area contributed by atoms with E-state index in [9.17, 15) is 9.50 Å². The zero-order valence-corrected chi connectivity index (χ0v) is 11.5. The largest absolute Gasteiger partial charge is 0.485 e. The van der Waals surface area contributed by atoms with Gasteiger partial charge in [-0.15, -0.1) is 0 Å². The lowest BCUT2D eigenvalue weighted by Gasteiger charge is -2.12. The zero-order chi connectivity index (χ0) is 14.5. The van der Waals surface area contributed by atoms with Crippen LogP contribution in [0, 0.1) is 5.82 Å². The lowest BCUT2D eigenvalue weighted by Crippen LogP contribution is -2.03. The molecule has 0 aliphatic heterocycles. The van der Waals surface area contributed by atoms with Crippen molar-refractivity contribution in [3.05, 3.63) is 41.3 Å². The fourth-order valence-corrected chi connectivity index (χ4v) is 1.78. The molecule has 0 bridgehead atoms. The van der Waals surface area contributed by atoms with E-state index >= 15 is 0 Å². The van der Waals surface area contributed by atoms with E-state index in [1.165, 1.54) is 18.2 Å². The van der Waals surface area contributed by atoms with Gasteiger partial charge in [0.2, 0.25) is 11.7 Å². The minimum absolute atomic E-state index is 0.0659. The van der Waals surface area contributed by atoms with Gasteiger partial charge in [-0.25, -0.2) is 4.39 Å². The van der Waals surface area contributed by atoms with E-state index in [-0.39, 0.29) is 12.4 Å². The van der Waals surface area contributed by atoms with Gasteiger partial charge in [-0.1, -0.05) is 12.1 Å². The molecule has 0 aliphatic rings. The van der Waals surface area contributed by atoms with Crippen molar-refractivity contribution in [2.75, 3.05) is 0 Å². The Bertz CT molecular complexity index is 569. The minimum Gasteiger partial charge on any atom is -0.485 e. The van der Waals surface area contributed by atoms with Crippen molar-refractivity contribution >= 4 is 0 Å². The molecular formula is C14H17FN2O3. The van der Waals surface area contributed by atoms with Crippen LogP contribution in [0.5, 0.6) is 5.75 Å². The van der Waals surface area contributed by atoms with E-state index in [1.54, 1.807) is 6.92 Å². The third-order valence-electron chi connectivity index (χ3n) is 2.76. The number of aliphatic hydroxyl groups excluding tert-OH is 1. The van der Waals surface area contributed by atoms with Gasteiger partial charge in [0.15, 0.2) is 6.61 Å². The molecule has 2 rings (SSSR count). The summed E-state index contributed by atoms with van der Waals surface area (Å²) in [6.07, 6.45) is 0.885. The van der Waals surface area contributed by atoms with Crippen molar-refractivity contribution in [2.45, 2.75) is 39.4 Å². The average Bonchev–Trinajstić information content (AvgIpc) is 2.84. The SMILES string of the molecule is CCCc1nc(COc2cc(F)ccc2[C@@H](C)O)no1. The highest BCUT2D eigenvalue weighted by Crippen LogP contribution is 2.26. The second kappa shape index (κ2) is 6.47. The first-order chi connectivity index (χ1) is 9.60. The van der Waals surface area contributed by atoms with Gasteiger partial charge in [-0.05, 0) is 25.5 Å². The Morgan fingerprint density at radius 2 is 2.25 bits per heavy atom. The molecule has 20 heavy (non-hydrogen) atoms. The summed E-state index contributed by atoms with van der Waals surface area (Å²) in [4.78, 5) is 4.15. The smallest absolute Gasteiger partial charge is 0.226 e. The highest BCUT2D eigenvalue weighted by Gasteiger charge is 2.12. The van der Waals surface area contributed by atoms with E-state index in [2.05, 4.69) is 10.1 Å². The molecule has 108 valence electrons. The highest BCUT2D eigenvalue weighted by molar-refractivity contribution is 5.35. The maximum Gasteiger partial charge on any atom is 0.226 e. The summed E-state index contributed by atoms with van der Waals surface area (Å²) < 4.78 is 23.7. The maximum absolute atomic E-state index is 13.2. The fraction of sp³-hybridized carbons (Fsp3) is 0.429. The molecule has 1 heterocycles. The molecule has 0 spiro atoms. The molecule has 0 saturated carbocycles. The van der Waals surface area contributed by atoms with Crippen LogP contribution < -0.4 is 4.74 Å². The summed E-state index contributed by atoms with van der Waals surface area (Å²) in [6, 6.07) is 4.01. The highest BCUT2D eigenvalue weighted by atomic mass is 19.1. The fourth-order valence-electron chi connectivity index (χ4n) is 1.78. The molecule has 5 nitrogen and oxygen atoms in total. The first kappa shape index (κ1) is 14.5. The molecule has 2 aromatic rings. The van der Waals surface area contributed by atoms with Gasteiger partial charge in [0, 0.05) is 18.1 Å². The number of benzene rings is 1. The van der Waals surface area contributed by atoms with Crippen LogP contribution in [0.25, 0.3) is 0 Å². The normalized spacial score (nSPS) is 12.4. The molecule has 0 fully saturated rings. The predicted molar refractivity (Wildman–Crippen MR) is 69.7 cm³/mol. The number of hydrogen-bond acceptors (Lipinski definition) is 5. The van der Waals surface area contributed by atoms with Gasteiger partial charge in [-0.3, -0.25) is 0 Å². The standard InChI is InChI=1S/C14H17FN2O3/c1-3-4-14-16-13(17-20-14)8-19-12-7-10(15)5-6-11(12)9(2)18/h5-7,9,18H,3-4,8H2,1-2H3/t9-/m1/s1. The van der Waals surface area contributed by atoms with Crippen molar-refractivity contribution < 1.29 is 18.8 Å². The molecule has 0 aliphatic carbocycles. The third kappa shape index (κ3) is 3.54. The van der Waals surface area contributed by atoms with Crippen LogP contribution in [-0.2, 0) is 13.0 Å². The first-order valence-electron chi connectivity index (χ1n) is 6.52. The van der Waals surface area contributed by atoms with Crippen molar-refractivity contribution in [1.29, 1.82) is 0 Å². The Kier molecular flexibility index (Phi) is 4.68. The number of ether oxygens (including phenoxy) is 1. The second-order valence-electron chi connectivity index (χ2n) is 4.50. The van der Waals surface area contributed by atoms with E-state index in [4.69, 9.17) is 9.26 Å². The number of hydrogen-bond donors (Lipinski definition) is 1. The lowest BCUT2D eigenvalue weighted by molar-refractivity contribution is 0.189.